The normalized spacial score (nSPS) is 11.4. The molecule has 2 nitrogen and oxygen atoms in total. The summed E-state index contributed by atoms with van der Waals surface area (Å²) in [7, 11) is 0. The van der Waals surface area contributed by atoms with Gasteiger partial charge in [0.05, 0.1) is 0 Å². The number of amides is 1. The first-order chi connectivity index (χ1) is 16.6. The van der Waals surface area contributed by atoms with Crippen LogP contribution < -0.4 is 0 Å². The standard InChI is InChI=1S/C32H65NO/c1-5-7-9-11-13-15-17-19-21-25-29-33(32(34)28-24-23-27-31(3)4)30-26-22-20-18-16-14-12-10-8-6-2/h31H,5-30H2,1-4H3. The fourth-order valence-corrected chi connectivity index (χ4v) is 4.93. The summed E-state index contributed by atoms with van der Waals surface area (Å²) < 4.78 is 0. The van der Waals surface area contributed by atoms with Gasteiger partial charge in [0.15, 0.2) is 0 Å². The fourth-order valence-electron chi connectivity index (χ4n) is 4.93. The largest absolute Gasteiger partial charge is 0.343 e. The quantitative estimate of drug-likeness (QED) is 0.107. The Morgan fingerprint density at radius 3 is 1.21 bits per heavy atom. The van der Waals surface area contributed by atoms with Crippen molar-refractivity contribution in [2.45, 2.75) is 182 Å². The molecule has 0 aromatic rings. The smallest absolute Gasteiger partial charge is 0.222 e. The van der Waals surface area contributed by atoms with Gasteiger partial charge in [-0.1, -0.05) is 156 Å². The summed E-state index contributed by atoms with van der Waals surface area (Å²) in [6, 6.07) is 0. The van der Waals surface area contributed by atoms with Crippen molar-refractivity contribution in [3.05, 3.63) is 0 Å². The molecule has 0 heterocycles. The summed E-state index contributed by atoms with van der Waals surface area (Å²) in [6.07, 6.45) is 31.6. The lowest BCUT2D eigenvalue weighted by atomic mass is 10.0. The SMILES string of the molecule is CCCCCCCCCCCCN(CCCCCCCCCCCC)C(=O)CCCCC(C)C. The van der Waals surface area contributed by atoms with E-state index in [2.05, 4.69) is 32.6 Å². The molecule has 0 rings (SSSR count). The minimum Gasteiger partial charge on any atom is -0.343 e. The Bertz CT molecular complexity index is 382. The summed E-state index contributed by atoms with van der Waals surface area (Å²) in [5.74, 6) is 1.18. The number of carbonyl (C=O) groups is 1. The molecule has 0 aliphatic rings. The van der Waals surface area contributed by atoms with Crippen molar-refractivity contribution in [2.24, 2.45) is 5.92 Å². The van der Waals surface area contributed by atoms with E-state index >= 15 is 0 Å². The Labute approximate surface area is 216 Å². The molecule has 204 valence electrons. The second-order valence-electron chi connectivity index (χ2n) is 11.4. The molecule has 0 atom stereocenters. The van der Waals surface area contributed by atoms with Crippen LogP contribution in [-0.4, -0.2) is 23.9 Å². The Kier molecular flexibility index (Phi) is 26.6. The highest BCUT2D eigenvalue weighted by Crippen LogP contribution is 2.15. The molecule has 0 fully saturated rings. The van der Waals surface area contributed by atoms with Gasteiger partial charge in [0.2, 0.25) is 5.91 Å². The second-order valence-corrected chi connectivity index (χ2v) is 11.4. The van der Waals surface area contributed by atoms with Gasteiger partial charge in [-0.15, -0.1) is 0 Å². The maximum Gasteiger partial charge on any atom is 0.222 e. The van der Waals surface area contributed by atoms with Gasteiger partial charge in [-0.3, -0.25) is 4.79 Å². The minimum atomic E-state index is 0.426. The zero-order chi connectivity index (χ0) is 25.1. The van der Waals surface area contributed by atoms with E-state index in [1.807, 2.05) is 0 Å². The molecular weight excluding hydrogens is 414 g/mol. The van der Waals surface area contributed by atoms with E-state index < -0.39 is 0 Å². The monoisotopic (exact) mass is 480 g/mol. The van der Waals surface area contributed by atoms with Crippen LogP contribution in [0.4, 0.5) is 0 Å². The second kappa shape index (κ2) is 27.1. The molecule has 1 amide bonds. The van der Waals surface area contributed by atoms with Gasteiger partial charge in [-0.25, -0.2) is 0 Å². The molecule has 0 unspecified atom stereocenters. The summed E-state index contributed by atoms with van der Waals surface area (Å²) >= 11 is 0. The zero-order valence-electron chi connectivity index (χ0n) is 24.3. The molecular formula is C32H65NO. The molecule has 0 aliphatic heterocycles. The van der Waals surface area contributed by atoms with Gasteiger partial charge >= 0.3 is 0 Å². The summed E-state index contributed by atoms with van der Waals surface area (Å²) in [4.78, 5) is 15.1. The highest BCUT2D eigenvalue weighted by atomic mass is 16.2. The minimum absolute atomic E-state index is 0.426. The molecule has 0 aromatic heterocycles. The van der Waals surface area contributed by atoms with E-state index in [0.29, 0.717) is 5.91 Å². The van der Waals surface area contributed by atoms with Gasteiger partial charge in [0.1, 0.15) is 0 Å². The van der Waals surface area contributed by atoms with Gasteiger partial charge in [-0.2, -0.15) is 0 Å². The average molecular weight is 480 g/mol. The van der Waals surface area contributed by atoms with Gasteiger partial charge in [0.25, 0.3) is 0 Å². The van der Waals surface area contributed by atoms with E-state index in [9.17, 15) is 4.79 Å². The molecule has 0 bridgehead atoms. The summed E-state index contributed by atoms with van der Waals surface area (Å²) in [5, 5.41) is 0. The first-order valence-corrected chi connectivity index (χ1v) is 15.9. The van der Waals surface area contributed by atoms with Gasteiger partial charge in [0, 0.05) is 19.5 Å². The highest BCUT2D eigenvalue weighted by Gasteiger charge is 2.12. The molecule has 0 spiro atoms. The van der Waals surface area contributed by atoms with Crippen LogP contribution in [0.3, 0.4) is 0 Å². The van der Waals surface area contributed by atoms with Crippen LogP contribution in [0.1, 0.15) is 182 Å². The van der Waals surface area contributed by atoms with E-state index in [1.165, 1.54) is 141 Å². The van der Waals surface area contributed by atoms with E-state index in [-0.39, 0.29) is 0 Å². The lowest BCUT2D eigenvalue weighted by Gasteiger charge is -2.23. The lowest BCUT2D eigenvalue weighted by Crippen LogP contribution is -2.32. The number of rotatable bonds is 27. The number of unbranched alkanes of at least 4 members (excludes halogenated alkanes) is 19. The van der Waals surface area contributed by atoms with Crippen LogP contribution in [-0.2, 0) is 4.79 Å². The molecule has 0 saturated heterocycles. The van der Waals surface area contributed by atoms with Crippen LogP contribution in [0.15, 0.2) is 0 Å². The molecule has 0 saturated carbocycles. The highest BCUT2D eigenvalue weighted by molar-refractivity contribution is 5.76. The van der Waals surface area contributed by atoms with Crippen LogP contribution in [0.25, 0.3) is 0 Å². The average Bonchev–Trinajstić information content (AvgIpc) is 2.82. The maximum absolute atomic E-state index is 12.9. The number of hydrogen-bond acceptors (Lipinski definition) is 1. The molecule has 0 aliphatic carbocycles. The first kappa shape index (κ1) is 33.5. The molecule has 0 radical (unpaired) electrons. The topological polar surface area (TPSA) is 20.3 Å². The third-order valence-electron chi connectivity index (χ3n) is 7.34. The zero-order valence-corrected chi connectivity index (χ0v) is 24.3. The van der Waals surface area contributed by atoms with E-state index in [1.54, 1.807) is 0 Å². The van der Waals surface area contributed by atoms with E-state index in [4.69, 9.17) is 0 Å². The Hall–Kier alpha value is -0.530. The molecule has 34 heavy (non-hydrogen) atoms. The van der Waals surface area contributed by atoms with Crippen molar-refractivity contribution >= 4 is 5.91 Å². The molecule has 2 heteroatoms. The number of carbonyl (C=O) groups excluding carboxylic acids is 1. The first-order valence-electron chi connectivity index (χ1n) is 15.9. The van der Waals surface area contributed by atoms with Crippen molar-refractivity contribution in [2.75, 3.05) is 13.1 Å². The van der Waals surface area contributed by atoms with Crippen molar-refractivity contribution in [1.82, 2.24) is 4.90 Å². The predicted molar refractivity (Wildman–Crippen MR) is 154 cm³/mol. The van der Waals surface area contributed by atoms with Crippen LogP contribution >= 0.6 is 0 Å². The Morgan fingerprint density at radius 1 is 0.500 bits per heavy atom. The third kappa shape index (κ3) is 24.6. The number of nitrogens with zero attached hydrogens (tertiary/aromatic N) is 1. The maximum atomic E-state index is 12.9. The van der Waals surface area contributed by atoms with Gasteiger partial charge in [-0.05, 0) is 25.2 Å². The van der Waals surface area contributed by atoms with Crippen molar-refractivity contribution in [3.8, 4) is 0 Å². The predicted octanol–water partition coefficient (Wildman–Crippen LogP) is 10.9. The van der Waals surface area contributed by atoms with Crippen LogP contribution in [0, 0.1) is 5.92 Å². The van der Waals surface area contributed by atoms with Crippen molar-refractivity contribution in [1.29, 1.82) is 0 Å². The Morgan fingerprint density at radius 2 is 0.853 bits per heavy atom. The van der Waals surface area contributed by atoms with Crippen LogP contribution in [0.2, 0.25) is 0 Å². The van der Waals surface area contributed by atoms with Gasteiger partial charge < -0.3 is 4.90 Å². The third-order valence-corrected chi connectivity index (χ3v) is 7.34. The van der Waals surface area contributed by atoms with Crippen LogP contribution in [0.5, 0.6) is 0 Å². The molecule has 0 aromatic carbocycles. The van der Waals surface area contributed by atoms with E-state index in [0.717, 1.165) is 31.8 Å². The fraction of sp³-hybridized carbons (Fsp3) is 0.969. The Balaban J connectivity index is 4.00. The summed E-state index contributed by atoms with van der Waals surface area (Å²) in [6.45, 7) is 11.1. The molecule has 0 N–H and O–H groups in total. The summed E-state index contributed by atoms with van der Waals surface area (Å²) in [5.41, 5.74) is 0. The van der Waals surface area contributed by atoms with Crippen molar-refractivity contribution < 1.29 is 4.79 Å². The van der Waals surface area contributed by atoms with Crippen molar-refractivity contribution in [3.63, 3.8) is 0 Å². The lowest BCUT2D eigenvalue weighted by molar-refractivity contribution is -0.131. The number of hydrogen-bond donors (Lipinski definition) is 0.